The van der Waals surface area contributed by atoms with Crippen LogP contribution in [0.25, 0.3) is 5.78 Å². The van der Waals surface area contributed by atoms with Gasteiger partial charge in [0.15, 0.2) is 0 Å². The number of nitrogens with zero attached hydrogens (tertiary/aromatic N) is 5. The summed E-state index contributed by atoms with van der Waals surface area (Å²) in [6, 6.07) is 10.1. The van der Waals surface area contributed by atoms with Gasteiger partial charge in [0.05, 0.1) is 5.75 Å². The van der Waals surface area contributed by atoms with Crippen molar-refractivity contribution in [1.29, 1.82) is 0 Å². The molecule has 0 N–H and O–H groups in total. The van der Waals surface area contributed by atoms with Crippen molar-refractivity contribution in [3.05, 3.63) is 52.8 Å². The summed E-state index contributed by atoms with van der Waals surface area (Å²) in [5.41, 5.74) is 4.23. The standard InChI is InChI=1S/C18H21N5OS/c1-12-7-5-6-8-15(12)10-22(4)16(24)11-25-18-20-17-19-13(2)9-14(3)23(17)21-18/h5-9H,10-11H2,1-4H3. The van der Waals surface area contributed by atoms with E-state index in [1.54, 1.807) is 9.42 Å². The number of carbonyl (C=O) groups is 1. The molecule has 0 bridgehead atoms. The smallest absolute Gasteiger partial charge is 0.253 e. The molecule has 1 aromatic carbocycles. The predicted octanol–water partition coefficient (Wildman–Crippen LogP) is 2.80. The lowest BCUT2D eigenvalue weighted by molar-refractivity contribution is -0.127. The Balaban J connectivity index is 1.64. The summed E-state index contributed by atoms with van der Waals surface area (Å²) in [5, 5.41) is 4.99. The van der Waals surface area contributed by atoms with Crippen LogP contribution in [-0.2, 0) is 11.3 Å². The molecule has 1 amide bonds. The molecule has 3 rings (SSSR count). The van der Waals surface area contributed by atoms with E-state index >= 15 is 0 Å². The van der Waals surface area contributed by atoms with Crippen LogP contribution >= 0.6 is 11.8 Å². The van der Waals surface area contributed by atoms with E-state index in [-0.39, 0.29) is 5.91 Å². The van der Waals surface area contributed by atoms with Crippen LogP contribution in [0.3, 0.4) is 0 Å². The Morgan fingerprint density at radius 1 is 1.20 bits per heavy atom. The van der Waals surface area contributed by atoms with E-state index in [9.17, 15) is 4.79 Å². The first-order chi connectivity index (χ1) is 11.9. The fourth-order valence-electron chi connectivity index (χ4n) is 2.58. The van der Waals surface area contributed by atoms with Gasteiger partial charge in [-0.15, -0.1) is 5.10 Å². The molecule has 6 nitrogen and oxygen atoms in total. The van der Waals surface area contributed by atoms with Crippen LogP contribution in [0.1, 0.15) is 22.5 Å². The third-order valence-electron chi connectivity index (χ3n) is 4.02. The van der Waals surface area contributed by atoms with Gasteiger partial charge in [-0.1, -0.05) is 36.0 Å². The van der Waals surface area contributed by atoms with Gasteiger partial charge in [-0.25, -0.2) is 9.50 Å². The van der Waals surface area contributed by atoms with Gasteiger partial charge >= 0.3 is 0 Å². The second-order valence-electron chi connectivity index (χ2n) is 6.11. The van der Waals surface area contributed by atoms with Gasteiger partial charge in [-0.3, -0.25) is 4.79 Å². The number of thioether (sulfide) groups is 1. The number of amides is 1. The molecule has 0 saturated heterocycles. The molecule has 0 saturated carbocycles. The van der Waals surface area contributed by atoms with Gasteiger partial charge in [0.1, 0.15) is 0 Å². The Morgan fingerprint density at radius 3 is 2.72 bits per heavy atom. The monoisotopic (exact) mass is 355 g/mol. The number of carbonyl (C=O) groups excluding carboxylic acids is 1. The largest absolute Gasteiger partial charge is 0.341 e. The molecule has 2 heterocycles. The van der Waals surface area contributed by atoms with Gasteiger partial charge in [-0.2, -0.15) is 4.98 Å². The van der Waals surface area contributed by atoms with Crippen LogP contribution < -0.4 is 0 Å². The molecular weight excluding hydrogens is 334 g/mol. The van der Waals surface area contributed by atoms with Gasteiger partial charge in [-0.05, 0) is 38.0 Å². The Kier molecular flexibility index (Phi) is 5.03. The number of rotatable bonds is 5. The molecule has 0 spiro atoms. The third kappa shape index (κ3) is 3.99. The molecular formula is C18H21N5OS. The molecule has 0 atom stereocenters. The Hall–Kier alpha value is -2.41. The van der Waals surface area contributed by atoms with Crippen molar-refractivity contribution in [2.75, 3.05) is 12.8 Å². The number of benzene rings is 1. The van der Waals surface area contributed by atoms with E-state index in [4.69, 9.17) is 0 Å². The molecule has 0 radical (unpaired) electrons. The highest BCUT2D eigenvalue weighted by Gasteiger charge is 2.14. The quantitative estimate of drug-likeness (QED) is 0.659. The highest BCUT2D eigenvalue weighted by Crippen LogP contribution is 2.17. The first kappa shape index (κ1) is 17.4. The van der Waals surface area contributed by atoms with Crippen molar-refractivity contribution in [2.24, 2.45) is 0 Å². The predicted molar refractivity (Wildman–Crippen MR) is 98.6 cm³/mol. The van der Waals surface area contributed by atoms with E-state index in [0.717, 1.165) is 17.0 Å². The maximum absolute atomic E-state index is 12.4. The molecule has 3 aromatic rings. The lowest BCUT2D eigenvalue weighted by atomic mass is 10.1. The molecule has 0 fully saturated rings. The van der Waals surface area contributed by atoms with E-state index in [1.165, 1.54) is 17.3 Å². The van der Waals surface area contributed by atoms with Gasteiger partial charge in [0, 0.05) is 25.0 Å². The maximum Gasteiger partial charge on any atom is 0.253 e. The number of hydrogen-bond acceptors (Lipinski definition) is 5. The van der Waals surface area contributed by atoms with Crippen molar-refractivity contribution >= 4 is 23.4 Å². The normalized spacial score (nSPS) is 11.0. The highest BCUT2D eigenvalue weighted by molar-refractivity contribution is 7.99. The minimum atomic E-state index is 0.0490. The summed E-state index contributed by atoms with van der Waals surface area (Å²) in [6.07, 6.45) is 0. The zero-order valence-electron chi connectivity index (χ0n) is 14.9. The van der Waals surface area contributed by atoms with Crippen LogP contribution in [0.2, 0.25) is 0 Å². The SMILES string of the molecule is Cc1cc(C)n2nc(SCC(=O)N(C)Cc3ccccc3C)nc2n1. The van der Waals surface area contributed by atoms with Gasteiger partial charge in [0.25, 0.3) is 5.78 Å². The van der Waals surface area contributed by atoms with Crippen molar-refractivity contribution < 1.29 is 4.79 Å². The van der Waals surface area contributed by atoms with E-state index in [0.29, 0.717) is 23.2 Å². The summed E-state index contributed by atoms with van der Waals surface area (Å²) in [5.74, 6) is 0.922. The molecule has 0 aliphatic heterocycles. The molecule has 0 unspecified atom stereocenters. The topological polar surface area (TPSA) is 63.4 Å². The second-order valence-corrected chi connectivity index (χ2v) is 7.05. The van der Waals surface area contributed by atoms with E-state index in [2.05, 4.69) is 28.1 Å². The molecule has 7 heteroatoms. The van der Waals surface area contributed by atoms with Crippen LogP contribution in [0, 0.1) is 20.8 Å². The van der Waals surface area contributed by atoms with Crippen LogP contribution in [0.5, 0.6) is 0 Å². The average Bonchev–Trinajstić information content (AvgIpc) is 2.98. The average molecular weight is 355 g/mol. The molecule has 0 aliphatic rings. The Morgan fingerprint density at radius 2 is 1.96 bits per heavy atom. The van der Waals surface area contributed by atoms with Crippen LogP contribution in [-0.4, -0.2) is 43.2 Å². The fourth-order valence-corrected chi connectivity index (χ4v) is 3.34. The van der Waals surface area contributed by atoms with Crippen molar-refractivity contribution in [2.45, 2.75) is 32.5 Å². The summed E-state index contributed by atoms with van der Waals surface area (Å²) < 4.78 is 1.71. The maximum atomic E-state index is 12.4. The minimum absolute atomic E-state index is 0.0490. The van der Waals surface area contributed by atoms with Gasteiger partial charge < -0.3 is 4.90 Å². The molecule has 130 valence electrons. The van der Waals surface area contributed by atoms with E-state index in [1.807, 2.05) is 45.2 Å². The zero-order chi connectivity index (χ0) is 18.0. The van der Waals surface area contributed by atoms with E-state index < -0.39 is 0 Å². The van der Waals surface area contributed by atoms with Crippen molar-refractivity contribution in [1.82, 2.24) is 24.5 Å². The Labute approximate surface area is 151 Å². The summed E-state index contributed by atoms with van der Waals surface area (Å²) in [7, 11) is 1.82. The lowest BCUT2D eigenvalue weighted by Crippen LogP contribution is -2.28. The summed E-state index contributed by atoms with van der Waals surface area (Å²) >= 11 is 1.34. The summed E-state index contributed by atoms with van der Waals surface area (Å²) in [6.45, 7) is 6.55. The van der Waals surface area contributed by atoms with Crippen LogP contribution in [0.4, 0.5) is 0 Å². The first-order valence-electron chi connectivity index (χ1n) is 8.06. The highest BCUT2D eigenvalue weighted by atomic mass is 32.2. The minimum Gasteiger partial charge on any atom is -0.341 e. The first-order valence-corrected chi connectivity index (χ1v) is 9.05. The number of hydrogen-bond donors (Lipinski definition) is 0. The third-order valence-corrected chi connectivity index (χ3v) is 4.84. The fraction of sp³-hybridized carbons (Fsp3) is 0.333. The van der Waals surface area contributed by atoms with Crippen molar-refractivity contribution in [3.8, 4) is 0 Å². The number of aryl methyl sites for hydroxylation is 3. The molecule has 0 aliphatic carbocycles. The second kappa shape index (κ2) is 7.23. The summed E-state index contributed by atoms with van der Waals surface area (Å²) in [4.78, 5) is 22.9. The zero-order valence-corrected chi connectivity index (χ0v) is 15.7. The lowest BCUT2D eigenvalue weighted by Gasteiger charge is -2.18. The number of fused-ring (bicyclic) bond motifs is 1. The molecule has 25 heavy (non-hydrogen) atoms. The van der Waals surface area contributed by atoms with Crippen LogP contribution in [0.15, 0.2) is 35.5 Å². The van der Waals surface area contributed by atoms with Crippen molar-refractivity contribution in [3.63, 3.8) is 0 Å². The molecule has 2 aromatic heterocycles. The number of aromatic nitrogens is 4. The Bertz CT molecular complexity index is 921. The van der Waals surface area contributed by atoms with Gasteiger partial charge in [0.2, 0.25) is 11.1 Å².